The molecule has 0 saturated carbocycles. The highest BCUT2D eigenvalue weighted by atomic mass is 35.5. The SMILES string of the molecule is Cc1c(Cl)ncnc1N(CCO)CCO. The summed E-state index contributed by atoms with van der Waals surface area (Å²) in [6.45, 7) is 2.63. The molecule has 1 aromatic heterocycles. The fourth-order valence-electron chi connectivity index (χ4n) is 1.30. The van der Waals surface area contributed by atoms with E-state index in [2.05, 4.69) is 9.97 Å². The second-order valence-electron chi connectivity index (χ2n) is 3.05. The summed E-state index contributed by atoms with van der Waals surface area (Å²) in [6, 6.07) is 0. The lowest BCUT2D eigenvalue weighted by Gasteiger charge is -2.23. The standard InChI is InChI=1S/C9H14ClN3O2/c1-7-8(10)11-6-12-9(7)13(2-4-14)3-5-15/h6,14-15H,2-5H2,1H3. The Morgan fingerprint density at radius 3 is 2.40 bits per heavy atom. The van der Waals surface area contributed by atoms with Crippen LogP contribution in [0.3, 0.4) is 0 Å². The summed E-state index contributed by atoms with van der Waals surface area (Å²) in [7, 11) is 0. The number of aromatic nitrogens is 2. The van der Waals surface area contributed by atoms with E-state index in [0.29, 0.717) is 24.1 Å². The zero-order chi connectivity index (χ0) is 11.3. The molecule has 0 bridgehead atoms. The average Bonchev–Trinajstić information content (AvgIpc) is 2.22. The molecule has 84 valence electrons. The maximum Gasteiger partial charge on any atom is 0.137 e. The Labute approximate surface area is 93.3 Å². The highest BCUT2D eigenvalue weighted by molar-refractivity contribution is 6.30. The fraction of sp³-hybridized carbons (Fsp3) is 0.556. The van der Waals surface area contributed by atoms with Crippen molar-refractivity contribution in [2.24, 2.45) is 0 Å². The number of aliphatic hydroxyl groups excluding tert-OH is 2. The Morgan fingerprint density at radius 1 is 1.27 bits per heavy atom. The first-order valence-electron chi connectivity index (χ1n) is 4.64. The molecule has 0 aliphatic heterocycles. The van der Waals surface area contributed by atoms with Crippen LogP contribution in [-0.2, 0) is 0 Å². The van der Waals surface area contributed by atoms with Gasteiger partial charge in [-0.25, -0.2) is 9.97 Å². The third kappa shape index (κ3) is 3.02. The van der Waals surface area contributed by atoms with Crippen LogP contribution < -0.4 is 4.90 Å². The first-order valence-corrected chi connectivity index (χ1v) is 5.02. The summed E-state index contributed by atoms with van der Waals surface area (Å²) in [5, 5.41) is 18.2. The number of nitrogens with zero attached hydrogens (tertiary/aromatic N) is 3. The maximum absolute atomic E-state index is 8.89. The molecule has 0 aromatic carbocycles. The van der Waals surface area contributed by atoms with Crippen molar-refractivity contribution in [3.05, 3.63) is 17.0 Å². The summed E-state index contributed by atoms with van der Waals surface area (Å²) < 4.78 is 0. The number of rotatable bonds is 5. The molecule has 1 heterocycles. The van der Waals surface area contributed by atoms with Crippen LogP contribution in [0.25, 0.3) is 0 Å². The van der Waals surface area contributed by atoms with E-state index in [1.54, 1.807) is 11.8 Å². The van der Waals surface area contributed by atoms with Crippen LogP contribution in [0.2, 0.25) is 5.15 Å². The summed E-state index contributed by atoms with van der Waals surface area (Å²) in [5.74, 6) is 0.651. The van der Waals surface area contributed by atoms with Gasteiger partial charge < -0.3 is 15.1 Å². The molecule has 0 unspecified atom stereocenters. The van der Waals surface area contributed by atoms with Crippen LogP contribution in [0.1, 0.15) is 5.56 Å². The minimum atomic E-state index is 0.00105. The van der Waals surface area contributed by atoms with E-state index in [9.17, 15) is 0 Å². The highest BCUT2D eigenvalue weighted by Crippen LogP contribution is 2.21. The Balaban J connectivity index is 2.94. The van der Waals surface area contributed by atoms with Crippen molar-refractivity contribution in [3.8, 4) is 0 Å². The zero-order valence-electron chi connectivity index (χ0n) is 8.52. The number of anilines is 1. The van der Waals surface area contributed by atoms with Gasteiger partial charge in [0.2, 0.25) is 0 Å². The molecule has 0 aliphatic carbocycles. The largest absolute Gasteiger partial charge is 0.395 e. The van der Waals surface area contributed by atoms with Gasteiger partial charge in [-0.2, -0.15) is 0 Å². The molecule has 15 heavy (non-hydrogen) atoms. The van der Waals surface area contributed by atoms with Gasteiger partial charge in [0.05, 0.1) is 13.2 Å². The second-order valence-corrected chi connectivity index (χ2v) is 3.41. The molecule has 1 rings (SSSR count). The van der Waals surface area contributed by atoms with Crippen LogP contribution in [0.15, 0.2) is 6.33 Å². The molecule has 0 spiro atoms. The van der Waals surface area contributed by atoms with Crippen molar-refractivity contribution in [2.75, 3.05) is 31.2 Å². The average molecular weight is 232 g/mol. The predicted molar refractivity (Wildman–Crippen MR) is 58.2 cm³/mol. The van der Waals surface area contributed by atoms with E-state index in [4.69, 9.17) is 21.8 Å². The first kappa shape index (κ1) is 12.2. The smallest absolute Gasteiger partial charge is 0.137 e. The van der Waals surface area contributed by atoms with E-state index >= 15 is 0 Å². The van der Waals surface area contributed by atoms with Gasteiger partial charge in [0.25, 0.3) is 0 Å². The Morgan fingerprint density at radius 2 is 1.87 bits per heavy atom. The molecule has 0 amide bonds. The topological polar surface area (TPSA) is 69.5 Å². The Kier molecular flexibility index (Phi) is 4.74. The van der Waals surface area contributed by atoms with Gasteiger partial charge >= 0.3 is 0 Å². The molecule has 0 saturated heterocycles. The number of aliphatic hydroxyl groups is 2. The maximum atomic E-state index is 8.89. The molecule has 2 N–H and O–H groups in total. The van der Waals surface area contributed by atoms with Crippen LogP contribution in [0, 0.1) is 6.92 Å². The van der Waals surface area contributed by atoms with Crippen LogP contribution in [0.4, 0.5) is 5.82 Å². The van der Waals surface area contributed by atoms with E-state index in [1.807, 2.05) is 0 Å². The van der Waals surface area contributed by atoms with Crippen molar-refractivity contribution in [1.29, 1.82) is 0 Å². The third-order valence-electron chi connectivity index (χ3n) is 2.04. The quantitative estimate of drug-likeness (QED) is 0.710. The molecular weight excluding hydrogens is 218 g/mol. The van der Waals surface area contributed by atoms with Gasteiger partial charge in [0.1, 0.15) is 17.3 Å². The fourth-order valence-corrected chi connectivity index (χ4v) is 1.43. The van der Waals surface area contributed by atoms with Gasteiger partial charge in [-0.15, -0.1) is 0 Å². The van der Waals surface area contributed by atoms with Gasteiger partial charge in [-0.3, -0.25) is 0 Å². The number of hydrogen-bond acceptors (Lipinski definition) is 5. The van der Waals surface area contributed by atoms with Crippen LogP contribution >= 0.6 is 11.6 Å². The molecule has 0 aliphatic rings. The van der Waals surface area contributed by atoms with E-state index in [0.717, 1.165) is 5.56 Å². The highest BCUT2D eigenvalue weighted by Gasteiger charge is 2.12. The van der Waals surface area contributed by atoms with Crippen LogP contribution in [0.5, 0.6) is 0 Å². The predicted octanol–water partition coefficient (Wildman–Crippen LogP) is 0.229. The Bertz CT molecular complexity index is 316. The normalized spacial score (nSPS) is 10.4. The summed E-state index contributed by atoms with van der Waals surface area (Å²) >= 11 is 5.86. The lowest BCUT2D eigenvalue weighted by atomic mass is 10.3. The molecule has 1 aromatic rings. The van der Waals surface area contributed by atoms with Crippen LogP contribution in [-0.4, -0.2) is 46.5 Å². The van der Waals surface area contributed by atoms with E-state index in [-0.39, 0.29) is 13.2 Å². The second kappa shape index (κ2) is 5.85. The molecule has 0 fully saturated rings. The van der Waals surface area contributed by atoms with Gasteiger partial charge in [0.15, 0.2) is 0 Å². The molecule has 5 nitrogen and oxygen atoms in total. The zero-order valence-corrected chi connectivity index (χ0v) is 9.28. The number of halogens is 1. The van der Waals surface area contributed by atoms with Gasteiger partial charge in [0, 0.05) is 18.7 Å². The van der Waals surface area contributed by atoms with E-state index < -0.39 is 0 Å². The lowest BCUT2D eigenvalue weighted by molar-refractivity contribution is 0.280. The Hall–Kier alpha value is -0.910. The monoisotopic (exact) mass is 231 g/mol. The van der Waals surface area contributed by atoms with Crippen molar-refractivity contribution < 1.29 is 10.2 Å². The summed E-state index contributed by atoms with van der Waals surface area (Å²) in [4.78, 5) is 9.70. The van der Waals surface area contributed by atoms with Crippen molar-refractivity contribution in [3.63, 3.8) is 0 Å². The third-order valence-corrected chi connectivity index (χ3v) is 2.42. The minimum Gasteiger partial charge on any atom is -0.395 e. The van der Waals surface area contributed by atoms with Crippen molar-refractivity contribution in [2.45, 2.75) is 6.92 Å². The summed E-state index contributed by atoms with van der Waals surface area (Å²) in [6.07, 6.45) is 1.37. The lowest BCUT2D eigenvalue weighted by Crippen LogP contribution is -2.31. The number of hydrogen-bond donors (Lipinski definition) is 2. The molecule has 0 radical (unpaired) electrons. The molecule has 0 atom stereocenters. The summed E-state index contributed by atoms with van der Waals surface area (Å²) in [5.41, 5.74) is 0.751. The van der Waals surface area contributed by atoms with Crippen molar-refractivity contribution in [1.82, 2.24) is 9.97 Å². The van der Waals surface area contributed by atoms with Gasteiger partial charge in [-0.05, 0) is 6.92 Å². The van der Waals surface area contributed by atoms with Gasteiger partial charge in [-0.1, -0.05) is 11.6 Å². The molecule has 6 heteroatoms. The molecular formula is C9H14ClN3O2. The van der Waals surface area contributed by atoms with Crippen molar-refractivity contribution >= 4 is 17.4 Å². The minimum absolute atomic E-state index is 0.00105. The van der Waals surface area contributed by atoms with E-state index in [1.165, 1.54) is 6.33 Å². The first-order chi connectivity index (χ1) is 7.20.